The molecule has 0 spiro atoms. The van der Waals surface area contributed by atoms with Crippen molar-refractivity contribution in [3.05, 3.63) is 33.9 Å². The van der Waals surface area contributed by atoms with Gasteiger partial charge in [0, 0.05) is 12.0 Å². The third-order valence-corrected chi connectivity index (χ3v) is 2.14. The van der Waals surface area contributed by atoms with E-state index in [1.165, 1.54) is 6.07 Å². The lowest BCUT2D eigenvalue weighted by Crippen LogP contribution is -2.03. The number of hydrogen-bond acceptors (Lipinski definition) is 2. The van der Waals surface area contributed by atoms with Crippen molar-refractivity contribution >= 4 is 0 Å². The van der Waals surface area contributed by atoms with E-state index in [4.69, 9.17) is 4.42 Å². The Hall–Kier alpha value is -1.05. The molecule has 0 N–H and O–H groups in total. The smallest absolute Gasteiger partial charge is 0.336 e. The van der Waals surface area contributed by atoms with Gasteiger partial charge in [0.1, 0.15) is 5.76 Å². The summed E-state index contributed by atoms with van der Waals surface area (Å²) in [6, 6.07) is 3.46. The lowest BCUT2D eigenvalue weighted by atomic mass is 10.0. The van der Waals surface area contributed by atoms with Crippen LogP contribution in [0.25, 0.3) is 0 Å². The third kappa shape index (κ3) is 2.72. The van der Waals surface area contributed by atoms with Gasteiger partial charge in [-0.05, 0) is 25.0 Å². The van der Waals surface area contributed by atoms with Crippen molar-refractivity contribution < 1.29 is 4.42 Å². The van der Waals surface area contributed by atoms with E-state index >= 15 is 0 Å². The van der Waals surface area contributed by atoms with E-state index in [1.807, 2.05) is 13.0 Å². The topological polar surface area (TPSA) is 30.2 Å². The first-order valence-electron chi connectivity index (χ1n) is 4.75. The first-order chi connectivity index (χ1) is 6.13. The molecule has 0 radical (unpaired) electrons. The summed E-state index contributed by atoms with van der Waals surface area (Å²) in [7, 11) is 0. The molecule has 0 aliphatic carbocycles. The van der Waals surface area contributed by atoms with E-state index in [-0.39, 0.29) is 5.63 Å². The van der Waals surface area contributed by atoms with Crippen LogP contribution >= 0.6 is 0 Å². The largest absolute Gasteiger partial charge is 0.428 e. The van der Waals surface area contributed by atoms with Crippen LogP contribution in [0.2, 0.25) is 0 Å². The molecular weight excluding hydrogens is 164 g/mol. The second-order valence-electron chi connectivity index (χ2n) is 3.55. The Morgan fingerprint density at radius 1 is 1.46 bits per heavy atom. The van der Waals surface area contributed by atoms with Crippen LogP contribution in [-0.4, -0.2) is 0 Å². The summed E-state index contributed by atoms with van der Waals surface area (Å²) < 4.78 is 5.12. The van der Waals surface area contributed by atoms with Crippen molar-refractivity contribution in [1.82, 2.24) is 0 Å². The van der Waals surface area contributed by atoms with Crippen molar-refractivity contribution in [2.24, 2.45) is 0 Å². The standard InChI is InChI=1S/C11H16O2/c1-4-5-9(3)10-6-8(2)7-11(12)13-10/h6-7,9H,4-5H2,1-3H3/t9-/m1/s1. The van der Waals surface area contributed by atoms with Crippen LogP contribution in [0.1, 0.15) is 43.9 Å². The molecule has 72 valence electrons. The maximum absolute atomic E-state index is 11.1. The fraction of sp³-hybridized carbons (Fsp3) is 0.545. The average molecular weight is 180 g/mol. The molecule has 0 amide bonds. The van der Waals surface area contributed by atoms with Crippen LogP contribution in [0.5, 0.6) is 0 Å². The summed E-state index contributed by atoms with van der Waals surface area (Å²) in [6.45, 7) is 6.13. The maximum atomic E-state index is 11.1. The number of hydrogen-bond donors (Lipinski definition) is 0. The molecule has 0 saturated heterocycles. The van der Waals surface area contributed by atoms with Crippen molar-refractivity contribution in [3.8, 4) is 0 Å². The summed E-state index contributed by atoms with van der Waals surface area (Å²) in [5.41, 5.74) is 0.743. The second kappa shape index (κ2) is 4.26. The zero-order chi connectivity index (χ0) is 9.84. The Balaban J connectivity index is 2.94. The van der Waals surface area contributed by atoms with Gasteiger partial charge in [-0.15, -0.1) is 0 Å². The van der Waals surface area contributed by atoms with Gasteiger partial charge in [0.25, 0.3) is 0 Å². The first kappa shape index (κ1) is 10.0. The zero-order valence-corrected chi connectivity index (χ0v) is 8.46. The van der Waals surface area contributed by atoms with Crippen LogP contribution in [0, 0.1) is 6.92 Å². The fourth-order valence-electron chi connectivity index (χ4n) is 1.45. The van der Waals surface area contributed by atoms with E-state index in [9.17, 15) is 4.79 Å². The number of aryl methyl sites for hydroxylation is 1. The van der Waals surface area contributed by atoms with Gasteiger partial charge in [0.15, 0.2) is 0 Å². The molecule has 1 rings (SSSR count). The molecule has 1 aromatic heterocycles. The molecular formula is C11H16O2. The third-order valence-electron chi connectivity index (χ3n) is 2.14. The van der Waals surface area contributed by atoms with E-state index in [0.29, 0.717) is 5.92 Å². The molecule has 1 aromatic rings. The van der Waals surface area contributed by atoms with Crippen LogP contribution in [0.3, 0.4) is 0 Å². The van der Waals surface area contributed by atoms with Crippen LogP contribution in [0.4, 0.5) is 0 Å². The van der Waals surface area contributed by atoms with Gasteiger partial charge < -0.3 is 4.42 Å². The lowest BCUT2D eigenvalue weighted by molar-refractivity contribution is 0.419. The van der Waals surface area contributed by atoms with Crippen LogP contribution in [-0.2, 0) is 0 Å². The molecule has 0 aliphatic rings. The van der Waals surface area contributed by atoms with Gasteiger partial charge in [-0.2, -0.15) is 0 Å². The normalized spacial score (nSPS) is 12.8. The molecule has 0 bridgehead atoms. The summed E-state index contributed by atoms with van der Waals surface area (Å²) >= 11 is 0. The van der Waals surface area contributed by atoms with E-state index in [0.717, 1.165) is 24.2 Å². The summed E-state index contributed by atoms with van der Waals surface area (Å²) in [5.74, 6) is 1.16. The zero-order valence-electron chi connectivity index (χ0n) is 8.46. The number of rotatable bonds is 3. The highest BCUT2D eigenvalue weighted by Crippen LogP contribution is 2.19. The van der Waals surface area contributed by atoms with Crippen LogP contribution in [0.15, 0.2) is 21.3 Å². The van der Waals surface area contributed by atoms with Crippen molar-refractivity contribution in [2.75, 3.05) is 0 Å². The Kier molecular flexibility index (Phi) is 3.29. The minimum atomic E-state index is -0.238. The molecule has 1 atom stereocenters. The Labute approximate surface area is 78.6 Å². The molecule has 13 heavy (non-hydrogen) atoms. The molecule has 2 heteroatoms. The van der Waals surface area contributed by atoms with E-state index in [2.05, 4.69) is 13.8 Å². The maximum Gasteiger partial charge on any atom is 0.336 e. The van der Waals surface area contributed by atoms with Crippen molar-refractivity contribution in [1.29, 1.82) is 0 Å². The quantitative estimate of drug-likeness (QED) is 0.716. The van der Waals surface area contributed by atoms with Crippen LogP contribution < -0.4 is 5.63 Å². The highest BCUT2D eigenvalue weighted by Gasteiger charge is 2.07. The van der Waals surface area contributed by atoms with Gasteiger partial charge in [-0.25, -0.2) is 4.79 Å². The summed E-state index contributed by atoms with van der Waals surface area (Å²) in [4.78, 5) is 11.1. The van der Waals surface area contributed by atoms with Crippen molar-refractivity contribution in [3.63, 3.8) is 0 Å². The Morgan fingerprint density at radius 2 is 2.15 bits per heavy atom. The van der Waals surface area contributed by atoms with E-state index < -0.39 is 0 Å². The SMILES string of the molecule is CCC[C@@H](C)c1cc(C)cc(=O)o1. The predicted octanol–water partition coefficient (Wildman–Crippen LogP) is 2.85. The van der Waals surface area contributed by atoms with Gasteiger partial charge in [0.2, 0.25) is 0 Å². The minimum Gasteiger partial charge on any atom is -0.428 e. The predicted molar refractivity (Wildman–Crippen MR) is 53.0 cm³/mol. The molecule has 2 nitrogen and oxygen atoms in total. The molecule has 0 aromatic carbocycles. The van der Waals surface area contributed by atoms with Crippen molar-refractivity contribution in [2.45, 2.75) is 39.5 Å². The molecule has 0 fully saturated rings. The average Bonchev–Trinajstić information content (AvgIpc) is 2.03. The van der Waals surface area contributed by atoms with Gasteiger partial charge in [-0.1, -0.05) is 20.3 Å². The van der Waals surface area contributed by atoms with Gasteiger partial charge >= 0.3 is 5.63 Å². The minimum absolute atomic E-state index is 0.238. The Bertz CT molecular complexity index is 325. The summed E-state index contributed by atoms with van der Waals surface area (Å²) in [6.07, 6.45) is 2.17. The molecule has 0 aliphatic heterocycles. The monoisotopic (exact) mass is 180 g/mol. The molecule has 0 unspecified atom stereocenters. The first-order valence-corrected chi connectivity index (χ1v) is 4.75. The second-order valence-corrected chi connectivity index (χ2v) is 3.55. The Morgan fingerprint density at radius 3 is 2.69 bits per heavy atom. The highest BCUT2D eigenvalue weighted by atomic mass is 16.4. The van der Waals surface area contributed by atoms with Gasteiger partial charge in [-0.3, -0.25) is 0 Å². The van der Waals surface area contributed by atoms with Gasteiger partial charge in [0.05, 0.1) is 0 Å². The fourth-order valence-corrected chi connectivity index (χ4v) is 1.45. The van der Waals surface area contributed by atoms with E-state index in [1.54, 1.807) is 0 Å². The molecule has 1 heterocycles. The summed E-state index contributed by atoms with van der Waals surface area (Å²) in [5, 5.41) is 0. The lowest BCUT2D eigenvalue weighted by Gasteiger charge is -2.08. The highest BCUT2D eigenvalue weighted by molar-refractivity contribution is 5.14. The molecule has 0 saturated carbocycles.